The highest BCUT2D eigenvalue weighted by Crippen LogP contribution is 2.35. The van der Waals surface area contributed by atoms with Gasteiger partial charge in [0.05, 0.1) is 12.8 Å². The topological polar surface area (TPSA) is 115 Å². The highest BCUT2D eigenvalue weighted by molar-refractivity contribution is 7.93. The molecule has 0 saturated carbocycles. The van der Waals surface area contributed by atoms with Crippen LogP contribution in [-0.4, -0.2) is 55.7 Å². The van der Waals surface area contributed by atoms with E-state index >= 15 is 0 Å². The third kappa shape index (κ3) is 4.17. The molecule has 0 unspecified atom stereocenters. The van der Waals surface area contributed by atoms with Gasteiger partial charge in [-0.25, -0.2) is 8.42 Å². The van der Waals surface area contributed by atoms with Crippen LogP contribution in [0.5, 0.6) is 5.75 Å². The average Bonchev–Trinajstić information content (AvgIpc) is 3.21. The standard InChI is InChI=1S/C25H28N4O6S/c1-16-25(17(2)35-26-16)36(32,33)29(20-7-9-21(34-3)10-8-20)15-24(31)27-12-18-11-19(14-27)22-5-4-6-23(30)28(22)13-18/h4-10,18-19H,11-15H2,1-3H3/t18-,19+/m1/s1. The van der Waals surface area contributed by atoms with E-state index in [-0.39, 0.29) is 46.2 Å². The number of benzene rings is 1. The Morgan fingerprint density at radius 1 is 1.14 bits per heavy atom. The Hall–Kier alpha value is -3.60. The summed E-state index contributed by atoms with van der Waals surface area (Å²) in [6, 6.07) is 11.7. The van der Waals surface area contributed by atoms with E-state index < -0.39 is 10.0 Å². The molecule has 0 spiro atoms. The van der Waals surface area contributed by atoms with Crippen LogP contribution in [0.2, 0.25) is 0 Å². The molecule has 2 atom stereocenters. The first kappa shape index (κ1) is 24.1. The third-order valence-electron chi connectivity index (χ3n) is 6.99. The van der Waals surface area contributed by atoms with Gasteiger partial charge in [0, 0.05) is 37.3 Å². The lowest BCUT2D eigenvalue weighted by molar-refractivity contribution is -0.132. The summed E-state index contributed by atoms with van der Waals surface area (Å²) in [5.41, 5.74) is 1.45. The van der Waals surface area contributed by atoms with E-state index in [0.717, 1.165) is 16.4 Å². The maximum atomic E-state index is 13.8. The van der Waals surface area contributed by atoms with Gasteiger partial charge in [0.1, 0.15) is 18.0 Å². The van der Waals surface area contributed by atoms with E-state index in [1.807, 2.05) is 6.07 Å². The lowest BCUT2D eigenvalue weighted by Crippen LogP contribution is -2.52. The summed E-state index contributed by atoms with van der Waals surface area (Å²) >= 11 is 0. The molecule has 2 aliphatic heterocycles. The predicted molar refractivity (Wildman–Crippen MR) is 132 cm³/mol. The average molecular weight is 513 g/mol. The minimum atomic E-state index is -4.16. The number of piperidine rings is 1. The smallest absolute Gasteiger partial charge is 0.270 e. The second-order valence-electron chi connectivity index (χ2n) is 9.36. The van der Waals surface area contributed by atoms with E-state index in [1.165, 1.54) is 14.0 Å². The molecule has 190 valence electrons. The minimum absolute atomic E-state index is 0.0294. The SMILES string of the molecule is COc1ccc(N(CC(=O)N2C[C@H]3C[C@@H](C2)c2cccc(=O)n2C3)S(=O)(=O)c2c(C)noc2C)cc1. The molecule has 1 fully saturated rings. The van der Waals surface area contributed by atoms with Crippen LogP contribution in [0.4, 0.5) is 5.69 Å². The molecule has 10 nitrogen and oxygen atoms in total. The number of methoxy groups -OCH3 is 1. The van der Waals surface area contributed by atoms with E-state index in [4.69, 9.17) is 9.26 Å². The molecule has 4 heterocycles. The number of carbonyl (C=O) groups is 1. The zero-order chi connectivity index (χ0) is 25.6. The van der Waals surface area contributed by atoms with E-state index in [9.17, 15) is 18.0 Å². The van der Waals surface area contributed by atoms with Crippen molar-refractivity contribution in [2.45, 2.75) is 37.6 Å². The number of nitrogens with zero attached hydrogens (tertiary/aromatic N) is 4. The summed E-state index contributed by atoms with van der Waals surface area (Å²) in [6.07, 6.45) is 0.896. The Balaban J connectivity index is 1.46. The van der Waals surface area contributed by atoms with Crippen LogP contribution in [0.1, 0.15) is 29.5 Å². The Bertz CT molecular complexity index is 1440. The van der Waals surface area contributed by atoms with Crippen molar-refractivity contribution in [1.29, 1.82) is 0 Å². The van der Waals surface area contributed by atoms with Crippen molar-refractivity contribution in [3.05, 3.63) is 70.0 Å². The molecule has 11 heteroatoms. The summed E-state index contributed by atoms with van der Waals surface area (Å²) in [4.78, 5) is 27.6. The van der Waals surface area contributed by atoms with Crippen molar-refractivity contribution in [2.24, 2.45) is 5.92 Å². The normalized spacial score (nSPS) is 19.0. The summed E-state index contributed by atoms with van der Waals surface area (Å²) in [5.74, 6) is 0.589. The molecule has 0 aliphatic carbocycles. The maximum Gasteiger partial charge on any atom is 0.270 e. The van der Waals surface area contributed by atoms with Crippen LogP contribution < -0.4 is 14.6 Å². The van der Waals surface area contributed by atoms with Crippen molar-refractivity contribution in [1.82, 2.24) is 14.6 Å². The molecule has 1 amide bonds. The molecule has 36 heavy (non-hydrogen) atoms. The number of sulfonamides is 1. The quantitative estimate of drug-likeness (QED) is 0.498. The Morgan fingerprint density at radius 3 is 2.56 bits per heavy atom. The summed E-state index contributed by atoms with van der Waals surface area (Å²) < 4.78 is 40.8. The van der Waals surface area contributed by atoms with Gasteiger partial charge < -0.3 is 18.7 Å². The Kier molecular flexibility index (Phi) is 6.11. The Morgan fingerprint density at radius 2 is 1.89 bits per heavy atom. The number of anilines is 1. The van der Waals surface area contributed by atoms with Gasteiger partial charge in [0.2, 0.25) is 5.91 Å². The predicted octanol–water partition coefficient (Wildman–Crippen LogP) is 2.30. The molecule has 0 N–H and O–H groups in total. The first-order chi connectivity index (χ1) is 17.2. The van der Waals surface area contributed by atoms with Crippen LogP contribution in [0.15, 0.2) is 56.7 Å². The highest BCUT2D eigenvalue weighted by Gasteiger charge is 2.38. The fourth-order valence-corrected chi connectivity index (χ4v) is 7.05. The number of rotatable bonds is 6. The highest BCUT2D eigenvalue weighted by atomic mass is 32.2. The van der Waals surface area contributed by atoms with Crippen molar-refractivity contribution < 1.29 is 22.5 Å². The fourth-order valence-electron chi connectivity index (χ4n) is 5.34. The van der Waals surface area contributed by atoms with Gasteiger partial charge in [0.25, 0.3) is 15.6 Å². The molecule has 0 radical (unpaired) electrons. The van der Waals surface area contributed by atoms with Gasteiger partial charge in [-0.15, -0.1) is 0 Å². The lowest BCUT2D eigenvalue weighted by Gasteiger charge is -2.43. The van der Waals surface area contributed by atoms with Gasteiger partial charge in [-0.2, -0.15) is 0 Å². The van der Waals surface area contributed by atoms with Crippen molar-refractivity contribution in [3.8, 4) is 5.75 Å². The van der Waals surface area contributed by atoms with Crippen molar-refractivity contribution in [2.75, 3.05) is 31.0 Å². The number of fused-ring (bicyclic) bond motifs is 4. The molecule has 3 aromatic rings. The van der Waals surface area contributed by atoms with E-state index in [2.05, 4.69) is 5.16 Å². The number of hydrogen-bond acceptors (Lipinski definition) is 7. The summed E-state index contributed by atoms with van der Waals surface area (Å²) in [7, 11) is -2.63. The number of hydrogen-bond donors (Lipinski definition) is 0. The van der Waals surface area contributed by atoms with Crippen molar-refractivity contribution >= 4 is 21.6 Å². The van der Waals surface area contributed by atoms with Gasteiger partial charge >= 0.3 is 0 Å². The van der Waals surface area contributed by atoms with Gasteiger partial charge in [0.15, 0.2) is 10.7 Å². The number of aromatic nitrogens is 2. The van der Waals surface area contributed by atoms with Crippen LogP contribution in [-0.2, 0) is 21.4 Å². The lowest BCUT2D eigenvalue weighted by atomic mass is 9.83. The number of pyridine rings is 1. The number of aryl methyl sites for hydroxylation is 2. The van der Waals surface area contributed by atoms with E-state index in [1.54, 1.807) is 52.8 Å². The first-order valence-electron chi connectivity index (χ1n) is 11.8. The third-order valence-corrected chi connectivity index (χ3v) is 9.01. The zero-order valence-corrected chi connectivity index (χ0v) is 21.2. The van der Waals surface area contributed by atoms with Crippen LogP contribution >= 0.6 is 0 Å². The molecular formula is C25H28N4O6S. The molecule has 1 saturated heterocycles. The van der Waals surface area contributed by atoms with Crippen LogP contribution in [0.25, 0.3) is 0 Å². The molecule has 2 bridgehead atoms. The first-order valence-corrected chi connectivity index (χ1v) is 13.2. The molecular weight excluding hydrogens is 484 g/mol. The molecule has 5 rings (SSSR count). The zero-order valence-electron chi connectivity index (χ0n) is 20.4. The molecule has 2 aliphatic rings. The molecule has 1 aromatic carbocycles. The van der Waals surface area contributed by atoms with Crippen molar-refractivity contribution in [3.63, 3.8) is 0 Å². The Labute approximate surface area is 209 Å². The number of carbonyl (C=O) groups excluding carboxylic acids is 1. The van der Waals surface area contributed by atoms with Crippen LogP contribution in [0, 0.1) is 19.8 Å². The monoisotopic (exact) mass is 512 g/mol. The second-order valence-corrected chi connectivity index (χ2v) is 11.2. The summed E-state index contributed by atoms with van der Waals surface area (Å²) in [5, 5.41) is 3.80. The largest absolute Gasteiger partial charge is 0.497 e. The number of amides is 1. The minimum Gasteiger partial charge on any atom is -0.497 e. The summed E-state index contributed by atoms with van der Waals surface area (Å²) in [6.45, 7) is 4.17. The van der Waals surface area contributed by atoms with Crippen LogP contribution in [0.3, 0.4) is 0 Å². The number of likely N-dealkylation sites (tertiary alicyclic amines) is 1. The molecule has 2 aromatic heterocycles. The fraction of sp³-hybridized carbons (Fsp3) is 0.400. The second kappa shape index (κ2) is 9.12. The van der Waals surface area contributed by atoms with E-state index in [0.29, 0.717) is 31.1 Å². The maximum absolute atomic E-state index is 13.8. The van der Waals surface area contributed by atoms with Gasteiger partial charge in [-0.3, -0.25) is 13.9 Å². The van der Waals surface area contributed by atoms with Gasteiger partial charge in [-0.1, -0.05) is 11.2 Å². The number of ether oxygens (including phenoxy) is 1. The van der Waals surface area contributed by atoms with Gasteiger partial charge in [-0.05, 0) is 56.5 Å².